The van der Waals surface area contributed by atoms with Crippen LogP contribution in [0.25, 0.3) is 11.4 Å². The van der Waals surface area contributed by atoms with E-state index in [1.54, 1.807) is 13.3 Å². The van der Waals surface area contributed by atoms with Crippen LogP contribution in [0.5, 0.6) is 5.75 Å². The number of morpholine rings is 1. The number of aromatic amines is 2. The number of nitrogens with one attached hydrogen (secondary N) is 4. The van der Waals surface area contributed by atoms with Crippen molar-refractivity contribution in [1.29, 1.82) is 0 Å². The number of rotatable bonds is 5. The van der Waals surface area contributed by atoms with Crippen LogP contribution in [0.15, 0.2) is 29.4 Å². The standard InChI is InChI=1S/C24H32N10O2/c1-35-19-13-16(34-9-11-36-12-10-34)7-8-17(19)27-23-28-22-20(21(31-32-22)18-14-26-33-30-18)24(25,29-23)15-5-3-2-4-6-15/h7-8,13-15H,2-6,9-12,25H2,1H3,(H,26,30,33)(H3,27,28,29,31,32). The number of aliphatic imine (C=N–C) groups is 1. The Morgan fingerprint density at radius 2 is 2.00 bits per heavy atom. The van der Waals surface area contributed by atoms with Crippen molar-refractivity contribution in [2.45, 2.75) is 37.8 Å². The lowest BCUT2D eigenvalue weighted by Gasteiger charge is -2.39. The van der Waals surface area contributed by atoms with Gasteiger partial charge in [-0.3, -0.25) is 5.10 Å². The van der Waals surface area contributed by atoms with Crippen molar-refractivity contribution in [1.82, 2.24) is 25.6 Å². The number of hydrogen-bond donors (Lipinski definition) is 5. The first-order valence-electron chi connectivity index (χ1n) is 12.5. The molecule has 3 aromatic rings. The highest BCUT2D eigenvalue weighted by molar-refractivity contribution is 6.06. The van der Waals surface area contributed by atoms with Crippen LogP contribution >= 0.6 is 0 Å². The Morgan fingerprint density at radius 1 is 1.17 bits per heavy atom. The number of guanidine groups is 1. The topological polar surface area (TPSA) is 154 Å². The first kappa shape index (κ1) is 22.8. The molecule has 0 bridgehead atoms. The van der Waals surface area contributed by atoms with Crippen LogP contribution in [0.1, 0.15) is 37.7 Å². The Balaban J connectivity index is 1.34. The third kappa shape index (κ3) is 4.05. The molecule has 6 N–H and O–H groups in total. The maximum absolute atomic E-state index is 7.20. The fraction of sp³-hybridized carbons (Fsp3) is 0.500. The first-order valence-corrected chi connectivity index (χ1v) is 12.5. The highest BCUT2D eigenvalue weighted by Crippen LogP contribution is 2.46. The van der Waals surface area contributed by atoms with Crippen LogP contribution in [0.3, 0.4) is 0 Å². The third-order valence-corrected chi connectivity index (χ3v) is 7.41. The van der Waals surface area contributed by atoms with Crippen molar-refractivity contribution < 1.29 is 9.47 Å². The van der Waals surface area contributed by atoms with Gasteiger partial charge in [0.05, 0.1) is 43.5 Å². The molecule has 2 aliphatic heterocycles. The number of ether oxygens (including phenoxy) is 2. The highest BCUT2D eigenvalue weighted by Gasteiger charge is 2.45. The number of fused-ring (bicyclic) bond motifs is 1. The number of nitrogens with zero attached hydrogens (tertiary/aromatic N) is 5. The molecule has 0 spiro atoms. The van der Waals surface area contributed by atoms with Gasteiger partial charge in [-0.25, -0.2) is 4.99 Å². The molecule has 1 saturated heterocycles. The molecule has 36 heavy (non-hydrogen) atoms. The van der Waals surface area contributed by atoms with Crippen LogP contribution in [-0.2, 0) is 10.4 Å². The number of H-pyrrole nitrogens is 2. The molecule has 1 aromatic carbocycles. The zero-order valence-electron chi connectivity index (χ0n) is 20.4. The van der Waals surface area contributed by atoms with E-state index in [9.17, 15) is 0 Å². The van der Waals surface area contributed by atoms with Crippen molar-refractivity contribution in [3.8, 4) is 17.1 Å². The van der Waals surface area contributed by atoms with Gasteiger partial charge >= 0.3 is 0 Å². The van der Waals surface area contributed by atoms with E-state index < -0.39 is 5.66 Å². The molecular formula is C24H32N10O2. The molecule has 4 heterocycles. The van der Waals surface area contributed by atoms with Crippen LogP contribution in [0.2, 0.25) is 0 Å². The number of anilines is 3. The quantitative estimate of drug-likeness (QED) is 0.361. The van der Waals surface area contributed by atoms with Crippen LogP contribution in [0.4, 0.5) is 17.2 Å². The van der Waals surface area contributed by atoms with Gasteiger partial charge in [0.25, 0.3) is 0 Å². The number of benzene rings is 1. The van der Waals surface area contributed by atoms with Gasteiger partial charge in [0.2, 0.25) is 5.96 Å². The molecule has 1 unspecified atom stereocenters. The van der Waals surface area contributed by atoms with Gasteiger partial charge in [0.1, 0.15) is 17.1 Å². The first-order chi connectivity index (χ1) is 17.7. The maximum Gasteiger partial charge on any atom is 0.203 e. The fourth-order valence-electron chi connectivity index (χ4n) is 5.54. The summed E-state index contributed by atoms with van der Waals surface area (Å²) < 4.78 is 11.2. The van der Waals surface area contributed by atoms with E-state index >= 15 is 0 Å². The minimum Gasteiger partial charge on any atom is -0.494 e. The number of methoxy groups -OCH3 is 1. The highest BCUT2D eigenvalue weighted by atomic mass is 16.5. The van der Waals surface area contributed by atoms with E-state index in [1.807, 2.05) is 12.1 Å². The third-order valence-electron chi connectivity index (χ3n) is 7.41. The van der Waals surface area contributed by atoms with Crippen LogP contribution < -0.4 is 26.0 Å². The van der Waals surface area contributed by atoms with E-state index in [4.69, 9.17) is 20.2 Å². The molecule has 1 saturated carbocycles. The summed E-state index contributed by atoms with van der Waals surface area (Å²) in [5.41, 5.74) is 10.3. The summed E-state index contributed by atoms with van der Waals surface area (Å²) in [6.45, 7) is 3.17. The van der Waals surface area contributed by atoms with Gasteiger partial charge in [-0.15, -0.1) is 0 Å². The fourth-order valence-corrected chi connectivity index (χ4v) is 5.54. The minimum absolute atomic E-state index is 0.178. The Kier molecular flexibility index (Phi) is 5.97. The predicted molar refractivity (Wildman–Crippen MR) is 137 cm³/mol. The zero-order valence-corrected chi connectivity index (χ0v) is 20.4. The van der Waals surface area contributed by atoms with Crippen molar-refractivity contribution >= 4 is 23.2 Å². The van der Waals surface area contributed by atoms with Gasteiger partial charge in [-0.2, -0.15) is 20.5 Å². The lowest BCUT2D eigenvalue weighted by molar-refractivity contribution is 0.122. The average molecular weight is 493 g/mol. The van der Waals surface area contributed by atoms with Gasteiger partial charge in [-0.05, 0) is 25.0 Å². The maximum atomic E-state index is 7.20. The molecule has 1 aliphatic carbocycles. The van der Waals surface area contributed by atoms with Crippen molar-refractivity contribution in [2.24, 2.45) is 16.6 Å². The Morgan fingerprint density at radius 3 is 2.75 bits per heavy atom. The normalized spacial score (nSPS) is 22.5. The Bertz CT molecular complexity index is 1230. The van der Waals surface area contributed by atoms with Gasteiger partial charge in [0.15, 0.2) is 5.82 Å². The second kappa shape index (κ2) is 9.43. The van der Waals surface area contributed by atoms with Gasteiger partial charge in [0, 0.05) is 30.8 Å². The molecule has 3 aliphatic rings. The van der Waals surface area contributed by atoms with Crippen molar-refractivity contribution in [2.75, 3.05) is 48.9 Å². The summed E-state index contributed by atoms with van der Waals surface area (Å²) in [5.74, 6) is 2.08. The van der Waals surface area contributed by atoms with Crippen LogP contribution in [0, 0.1) is 5.92 Å². The number of aromatic nitrogens is 5. The second-order valence-corrected chi connectivity index (χ2v) is 9.53. The second-order valence-electron chi connectivity index (χ2n) is 9.53. The largest absolute Gasteiger partial charge is 0.494 e. The Hall–Kier alpha value is -3.64. The van der Waals surface area contributed by atoms with E-state index in [0.29, 0.717) is 17.5 Å². The number of hydrogen-bond acceptors (Lipinski definition) is 10. The summed E-state index contributed by atoms with van der Waals surface area (Å²) in [4.78, 5) is 7.37. The SMILES string of the molecule is COc1cc(N2CCOCC2)ccc1NC1=NC(N)(C2CCCCC2)c2c(n[nH]c2-c2cn[nH]n2)N1. The molecule has 12 heteroatoms. The molecular weight excluding hydrogens is 460 g/mol. The molecule has 2 aromatic heterocycles. The summed E-state index contributed by atoms with van der Waals surface area (Å²) in [5, 5.41) is 25.3. The van der Waals surface area contributed by atoms with E-state index in [0.717, 1.165) is 80.4 Å². The average Bonchev–Trinajstić information content (AvgIpc) is 3.61. The summed E-state index contributed by atoms with van der Waals surface area (Å²) in [6, 6.07) is 6.13. The predicted octanol–water partition coefficient (Wildman–Crippen LogP) is 2.63. The molecule has 1 atom stereocenters. The summed E-state index contributed by atoms with van der Waals surface area (Å²) >= 11 is 0. The zero-order chi connectivity index (χ0) is 24.5. The van der Waals surface area contributed by atoms with Gasteiger partial charge < -0.3 is 30.7 Å². The van der Waals surface area contributed by atoms with E-state index in [-0.39, 0.29) is 5.92 Å². The van der Waals surface area contributed by atoms with Crippen molar-refractivity contribution in [3.05, 3.63) is 30.0 Å². The monoisotopic (exact) mass is 492 g/mol. The van der Waals surface area contributed by atoms with Crippen molar-refractivity contribution in [3.63, 3.8) is 0 Å². The molecule has 2 fully saturated rings. The lowest BCUT2D eigenvalue weighted by Crippen LogP contribution is -2.48. The Labute approximate surface area is 209 Å². The summed E-state index contributed by atoms with van der Waals surface area (Å²) in [7, 11) is 1.67. The molecule has 12 nitrogen and oxygen atoms in total. The summed E-state index contributed by atoms with van der Waals surface area (Å²) in [6.07, 6.45) is 7.17. The lowest BCUT2D eigenvalue weighted by atomic mass is 9.76. The minimum atomic E-state index is -0.967. The molecule has 0 amide bonds. The van der Waals surface area contributed by atoms with Crippen LogP contribution in [-0.4, -0.2) is 65.0 Å². The van der Waals surface area contributed by atoms with Gasteiger partial charge in [-0.1, -0.05) is 19.3 Å². The molecule has 0 radical (unpaired) electrons. The molecule has 190 valence electrons. The van der Waals surface area contributed by atoms with E-state index in [1.165, 1.54) is 6.42 Å². The smallest absolute Gasteiger partial charge is 0.203 e. The van der Waals surface area contributed by atoms with E-state index in [2.05, 4.69) is 47.2 Å². The molecule has 6 rings (SSSR count). The number of nitrogens with two attached hydrogens (primary N) is 1.